The molecule has 9 heteroatoms. The summed E-state index contributed by atoms with van der Waals surface area (Å²) in [6, 6.07) is 4.91. The van der Waals surface area contributed by atoms with Crippen molar-refractivity contribution in [1.29, 1.82) is 0 Å². The van der Waals surface area contributed by atoms with Crippen molar-refractivity contribution in [3.8, 4) is 0 Å². The number of aromatic amines is 1. The number of fused-ring (bicyclic) bond motifs is 1. The zero-order valence-corrected chi connectivity index (χ0v) is 14.5. The van der Waals surface area contributed by atoms with E-state index in [1.165, 1.54) is 24.3 Å². The van der Waals surface area contributed by atoms with Gasteiger partial charge in [0.1, 0.15) is 6.04 Å². The van der Waals surface area contributed by atoms with Crippen molar-refractivity contribution in [2.45, 2.75) is 30.8 Å². The van der Waals surface area contributed by atoms with Gasteiger partial charge in [-0.2, -0.15) is 9.40 Å². The molecule has 0 amide bonds. The van der Waals surface area contributed by atoms with Gasteiger partial charge < -0.3 is 4.74 Å². The van der Waals surface area contributed by atoms with Crippen LogP contribution in [-0.2, 0) is 32.5 Å². The number of benzene rings is 1. The predicted octanol–water partition coefficient (Wildman–Crippen LogP) is 1.74. The molecule has 1 N–H and O–H groups in total. The van der Waals surface area contributed by atoms with Gasteiger partial charge in [-0.15, -0.1) is 0 Å². The Morgan fingerprint density at radius 1 is 1.42 bits per heavy atom. The highest BCUT2D eigenvalue weighted by Crippen LogP contribution is 2.29. The molecule has 0 bridgehead atoms. The van der Waals surface area contributed by atoms with Gasteiger partial charge in [0.05, 0.1) is 17.7 Å². The minimum absolute atomic E-state index is 0.0558. The Morgan fingerprint density at radius 3 is 2.79 bits per heavy atom. The summed E-state index contributed by atoms with van der Waals surface area (Å²) >= 11 is 5.83. The van der Waals surface area contributed by atoms with Gasteiger partial charge in [-0.1, -0.05) is 11.6 Å². The standard InChI is InChI=1S/C15H16ClN3O4S/c1-2-23-15(20)14-7-13-10(8-17-18-13)9-19(14)24(21,22)12-5-3-11(16)4-6-12/h3-6,8,14H,2,7,9H2,1H3,(H,17,18). The van der Waals surface area contributed by atoms with Crippen molar-refractivity contribution in [3.63, 3.8) is 0 Å². The van der Waals surface area contributed by atoms with Crippen LogP contribution in [0.4, 0.5) is 0 Å². The number of aromatic nitrogens is 2. The maximum absolute atomic E-state index is 13.0. The van der Waals surface area contributed by atoms with E-state index >= 15 is 0 Å². The van der Waals surface area contributed by atoms with Crippen LogP contribution in [0.5, 0.6) is 0 Å². The second kappa shape index (κ2) is 6.54. The molecule has 2 heterocycles. The molecule has 1 unspecified atom stereocenters. The summed E-state index contributed by atoms with van der Waals surface area (Å²) in [5.41, 5.74) is 1.49. The van der Waals surface area contributed by atoms with Crippen LogP contribution in [0.2, 0.25) is 5.02 Å². The molecule has 1 aliphatic heterocycles. The van der Waals surface area contributed by atoms with Crippen LogP contribution < -0.4 is 0 Å². The summed E-state index contributed by atoms with van der Waals surface area (Å²) in [6.45, 7) is 1.92. The quantitative estimate of drug-likeness (QED) is 0.829. The van der Waals surface area contributed by atoms with Gasteiger partial charge in [0.2, 0.25) is 10.0 Å². The van der Waals surface area contributed by atoms with E-state index in [1.54, 1.807) is 13.1 Å². The highest BCUT2D eigenvalue weighted by atomic mass is 35.5. The molecular weight excluding hydrogens is 354 g/mol. The highest BCUT2D eigenvalue weighted by molar-refractivity contribution is 7.89. The molecule has 1 atom stereocenters. The van der Waals surface area contributed by atoms with E-state index in [9.17, 15) is 13.2 Å². The first-order valence-corrected chi connectivity index (χ1v) is 9.20. The first-order chi connectivity index (χ1) is 11.4. The topological polar surface area (TPSA) is 92.4 Å². The molecule has 7 nitrogen and oxygen atoms in total. The molecule has 128 valence electrons. The number of H-pyrrole nitrogens is 1. The zero-order valence-electron chi connectivity index (χ0n) is 12.9. The molecule has 0 radical (unpaired) electrons. The van der Waals surface area contributed by atoms with Gasteiger partial charge in [-0.3, -0.25) is 9.89 Å². The summed E-state index contributed by atoms with van der Waals surface area (Å²) in [7, 11) is -3.88. The lowest BCUT2D eigenvalue weighted by Gasteiger charge is -2.32. The van der Waals surface area contributed by atoms with Crippen LogP contribution >= 0.6 is 11.6 Å². The lowest BCUT2D eigenvalue weighted by atomic mass is 10.0. The van der Waals surface area contributed by atoms with Gasteiger partial charge in [0.15, 0.2) is 0 Å². The molecule has 0 saturated heterocycles. The smallest absolute Gasteiger partial charge is 0.324 e. The lowest BCUT2D eigenvalue weighted by Crippen LogP contribution is -2.49. The number of carbonyl (C=O) groups excluding carboxylic acids is 1. The summed E-state index contributed by atoms with van der Waals surface area (Å²) in [4.78, 5) is 12.4. The van der Waals surface area contributed by atoms with Crippen molar-refractivity contribution >= 4 is 27.6 Å². The van der Waals surface area contributed by atoms with E-state index in [0.717, 1.165) is 15.6 Å². The SMILES string of the molecule is CCOC(=O)C1Cc2[nH]ncc2CN1S(=O)(=O)c1ccc(Cl)cc1. The maximum Gasteiger partial charge on any atom is 0.324 e. The number of nitrogens with one attached hydrogen (secondary N) is 1. The first-order valence-electron chi connectivity index (χ1n) is 7.38. The van der Waals surface area contributed by atoms with Crippen LogP contribution in [0.15, 0.2) is 35.4 Å². The van der Waals surface area contributed by atoms with E-state index < -0.39 is 22.0 Å². The number of halogens is 1. The second-order valence-electron chi connectivity index (χ2n) is 5.35. The second-order valence-corrected chi connectivity index (χ2v) is 7.68. The number of ether oxygens (including phenoxy) is 1. The van der Waals surface area contributed by atoms with E-state index in [4.69, 9.17) is 16.3 Å². The molecular formula is C15H16ClN3O4S. The molecule has 0 spiro atoms. The summed E-state index contributed by atoms with van der Waals surface area (Å²) in [5, 5.41) is 7.17. The van der Waals surface area contributed by atoms with Gasteiger partial charge in [-0.05, 0) is 31.2 Å². The van der Waals surface area contributed by atoms with Crippen molar-refractivity contribution in [2.24, 2.45) is 0 Å². The number of sulfonamides is 1. The third-order valence-corrected chi connectivity index (χ3v) is 5.98. The third kappa shape index (κ3) is 3.04. The van der Waals surface area contributed by atoms with Crippen molar-refractivity contribution in [2.75, 3.05) is 6.61 Å². The number of esters is 1. The molecule has 0 saturated carbocycles. The minimum atomic E-state index is -3.88. The lowest BCUT2D eigenvalue weighted by molar-refractivity contribution is -0.148. The fourth-order valence-electron chi connectivity index (χ4n) is 2.66. The van der Waals surface area contributed by atoms with Crippen LogP contribution in [0.1, 0.15) is 18.2 Å². The van der Waals surface area contributed by atoms with E-state index in [-0.39, 0.29) is 24.5 Å². The molecule has 3 rings (SSSR count). The molecule has 2 aromatic rings. The minimum Gasteiger partial charge on any atom is -0.465 e. The Bertz CT molecular complexity index is 848. The molecule has 0 aliphatic carbocycles. The maximum atomic E-state index is 13.0. The molecule has 1 aliphatic rings. The van der Waals surface area contributed by atoms with E-state index in [0.29, 0.717) is 5.02 Å². The van der Waals surface area contributed by atoms with Crippen molar-refractivity contribution < 1.29 is 17.9 Å². The Kier molecular flexibility index (Phi) is 4.62. The number of carbonyl (C=O) groups is 1. The largest absolute Gasteiger partial charge is 0.465 e. The summed E-state index contributed by atoms with van der Waals surface area (Å²) in [6.07, 6.45) is 1.77. The van der Waals surface area contributed by atoms with Gasteiger partial charge >= 0.3 is 5.97 Å². The van der Waals surface area contributed by atoms with Crippen LogP contribution in [-0.4, -0.2) is 41.5 Å². The normalized spacial score (nSPS) is 18.2. The Morgan fingerprint density at radius 2 is 2.12 bits per heavy atom. The summed E-state index contributed by atoms with van der Waals surface area (Å²) in [5.74, 6) is -0.574. The summed E-state index contributed by atoms with van der Waals surface area (Å²) < 4.78 is 32.2. The van der Waals surface area contributed by atoms with E-state index in [2.05, 4.69) is 10.2 Å². The first kappa shape index (κ1) is 16.9. The predicted molar refractivity (Wildman–Crippen MR) is 86.9 cm³/mol. The fourth-order valence-corrected chi connectivity index (χ4v) is 4.34. The third-order valence-electron chi connectivity index (χ3n) is 3.86. The van der Waals surface area contributed by atoms with Crippen LogP contribution in [0.3, 0.4) is 0 Å². The Labute approximate surface area is 144 Å². The molecule has 1 aromatic heterocycles. The van der Waals surface area contributed by atoms with Crippen molar-refractivity contribution in [1.82, 2.24) is 14.5 Å². The van der Waals surface area contributed by atoms with Crippen LogP contribution in [0.25, 0.3) is 0 Å². The highest BCUT2D eigenvalue weighted by Gasteiger charge is 2.41. The van der Waals surface area contributed by atoms with Gasteiger partial charge in [0, 0.05) is 29.2 Å². The Hall–Kier alpha value is -1.90. The molecule has 1 aromatic carbocycles. The van der Waals surface area contributed by atoms with Crippen LogP contribution in [0, 0.1) is 0 Å². The Balaban J connectivity index is 2.01. The molecule has 24 heavy (non-hydrogen) atoms. The van der Waals surface area contributed by atoms with Crippen molar-refractivity contribution in [3.05, 3.63) is 46.7 Å². The average molecular weight is 370 g/mol. The van der Waals surface area contributed by atoms with E-state index in [1.807, 2.05) is 0 Å². The average Bonchev–Trinajstić information content (AvgIpc) is 3.01. The van der Waals surface area contributed by atoms with Gasteiger partial charge in [-0.25, -0.2) is 8.42 Å². The van der Waals surface area contributed by atoms with Gasteiger partial charge in [0.25, 0.3) is 0 Å². The fraction of sp³-hybridized carbons (Fsp3) is 0.333. The number of hydrogen-bond acceptors (Lipinski definition) is 5. The number of rotatable bonds is 4. The molecule has 0 fully saturated rings. The zero-order chi connectivity index (χ0) is 17.3. The number of nitrogens with zero attached hydrogens (tertiary/aromatic N) is 2. The monoisotopic (exact) mass is 369 g/mol. The number of hydrogen-bond donors (Lipinski definition) is 1.